The largest absolute Gasteiger partial charge is 0.383 e. The Labute approximate surface area is 139 Å². The Balaban J connectivity index is 1.96. The second-order valence-electron chi connectivity index (χ2n) is 5.07. The normalized spacial score (nSPS) is 11.1. The average Bonchev–Trinajstić information content (AvgIpc) is 3.02. The zero-order valence-corrected chi connectivity index (χ0v) is 13.8. The Morgan fingerprint density at radius 2 is 2.17 bits per heavy atom. The number of aromatic nitrogens is 4. The van der Waals surface area contributed by atoms with Gasteiger partial charge in [-0.15, -0.1) is 0 Å². The molecular formula is C16H18ClN5O. The number of rotatable bonds is 6. The molecule has 2 heterocycles. The van der Waals surface area contributed by atoms with Crippen molar-refractivity contribution in [2.45, 2.75) is 6.92 Å². The van der Waals surface area contributed by atoms with Gasteiger partial charge in [0.05, 0.1) is 6.61 Å². The van der Waals surface area contributed by atoms with Crippen LogP contribution < -0.4 is 4.90 Å². The van der Waals surface area contributed by atoms with Crippen LogP contribution in [0.4, 0.5) is 5.69 Å². The summed E-state index contributed by atoms with van der Waals surface area (Å²) in [5.41, 5.74) is 3.32. The van der Waals surface area contributed by atoms with E-state index in [4.69, 9.17) is 16.3 Å². The van der Waals surface area contributed by atoms with E-state index in [2.05, 4.69) is 43.9 Å². The number of benzene rings is 1. The molecule has 2 aromatic heterocycles. The van der Waals surface area contributed by atoms with Crippen molar-refractivity contribution in [3.05, 3.63) is 35.7 Å². The maximum Gasteiger partial charge on any atom is 0.182 e. The van der Waals surface area contributed by atoms with Crippen molar-refractivity contribution < 1.29 is 4.74 Å². The fourth-order valence-electron chi connectivity index (χ4n) is 2.46. The first-order chi connectivity index (χ1) is 11.2. The molecule has 23 heavy (non-hydrogen) atoms. The van der Waals surface area contributed by atoms with E-state index in [1.54, 1.807) is 7.11 Å². The molecule has 0 atom stereocenters. The van der Waals surface area contributed by atoms with Crippen LogP contribution in [0.2, 0.25) is 5.15 Å². The zero-order chi connectivity index (χ0) is 16.2. The van der Waals surface area contributed by atoms with E-state index in [0.717, 1.165) is 30.2 Å². The second kappa shape index (κ2) is 6.93. The highest BCUT2D eigenvalue weighted by Crippen LogP contribution is 2.26. The van der Waals surface area contributed by atoms with Crippen molar-refractivity contribution in [3.8, 4) is 11.4 Å². The van der Waals surface area contributed by atoms with Crippen LogP contribution in [-0.4, -0.2) is 46.7 Å². The average molecular weight is 332 g/mol. The summed E-state index contributed by atoms with van der Waals surface area (Å²) in [5.74, 6) is 0.729. The van der Waals surface area contributed by atoms with Crippen LogP contribution >= 0.6 is 11.6 Å². The number of hydrogen-bond acceptors (Lipinski definition) is 5. The van der Waals surface area contributed by atoms with Gasteiger partial charge in [-0.05, 0) is 19.1 Å². The lowest BCUT2D eigenvalue weighted by Crippen LogP contribution is -2.26. The number of methoxy groups -OCH3 is 1. The minimum Gasteiger partial charge on any atom is -0.383 e. The second-order valence-corrected chi connectivity index (χ2v) is 5.43. The highest BCUT2D eigenvalue weighted by Gasteiger charge is 2.11. The predicted octanol–water partition coefficient (Wildman–Crippen LogP) is 3.15. The summed E-state index contributed by atoms with van der Waals surface area (Å²) in [6.07, 6.45) is 1.41. The van der Waals surface area contributed by atoms with Crippen LogP contribution in [-0.2, 0) is 4.74 Å². The third-order valence-electron chi connectivity index (χ3n) is 3.67. The van der Waals surface area contributed by atoms with E-state index < -0.39 is 0 Å². The number of fused-ring (bicyclic) bond motifs is 1. The van der Waals surface area contributed by atoms with Crippen molar-refractivity contribution in [1.82, 2.24) is 19.9 Å². The van der Waals surface area contributed by atoms with Gasteiger partial charge in [-0.25, -0.2) is 15.0 Å². The molecule has 0 aliphatic carbocycles. The molecule has 120 valence electrons. The number of H-pyrrole nitrogens is 1. The minimum atomic E-state index is 0.375. The van der Waals surface area contributed by atoms with Crippen molar-refractivity contribution in [3.63, 3.8) is 0 Å². The molecule has 0 radical (unpaired) electrons. The first-order valence-electron chi connectivity index (χ1n) is 7.43. The minimum absolute atomic E-state index is 0.375. The van der Waals surface area contributed by atoms with Gasteiger partial charge in [-0.3, -0.25) is 0 Å². The fourth-order valence-corrected chi connectivity index (χ4v) is 2.63. The molecule has 0 aliphatic heterocycles. The number of imidazole rings is 1. The summed E-state index contributed by atoms with van der Waals surface area (Å²) in [6.45, 7) is 4.56. The lowest BCUT2D eigenvalue weighted by Gasteiger charge is -2.23. The number of hydrogen-bond donors (Lipinski definition) is 1. The fraction of sp³-hybridized carbons (Fsp3) is 0.312. The molecule has 3 rings (SSSR count). The molecule has 0 fully saturated rings. The molecular weight excluding hydrogens is 314 g/mol. The van der Waals surface area contributed by atoms with Crippen LogP contribution in [0.5, 0.6) is 0 Å². The van der Waals surface area contributed by atoms with E-state index in [1.165, 1.54) is 6.33 Å². The number of aromatic amines is 1. The lowest BCUT2D eigenvalue weighted by atomic mass is 10.1. The van der Waals surface area contributed by atoms with Crippen LogP contribution in [0.1, 0.15) is 6.92 Å². The van der Waals surface area contributed by atoms with Gasteiger partial charge in [0, 0.05) is 31.5 Å². The maximum absolute atomic E-state index is 6.07. The summed E-state index contributed by atoms with van der Waals surface area (Å²) < 4.78 is 5.17. The highest BCUT2D eigenvalue weighted by molar-refractivity contribution is 6.33. The Morgan fingerprint density at radius 1 is 1.30 bits per heavy atom. The summed E-state index contributed by atoms with van der Waals surface area (Å²) in [4.78, 5) is 18.1. The molecule has 0 amide bonds. The van der Waals surface area contributed by atoms with E-state index in [0.29, 0.717) is 22.9 Å². The third kappa shape index (κ3) is 3.28. The summed E-state index contributed by atoms with van der Waals surface area (Å²) >= 11 is 6.07. The first-order valence-corrected chi connectivity index (χ1v) is 7.81. The standard InChI is InChI=1S/C16H18ClN5O/c1-3-22(7-8-23-2)12-6-4-5-11(9-12)15-20-13-14(17)18-10-19-16(13)21-15/h4-6,9-10H,3,7-8H2,1-2H3,(H,18,19,20,21). The molecule has 0 saturated carbocycles. The monoisotopic (exact) mass is 331 g/mol. The smallest absolute Gasteiger partial charge is 0.182 e. The summed E-state index contributed by atoms with van der Waals surface area (Å²) in [7, 11) is 1.71. The van der Waals surface area contributed by atoms with Gasteiger partial charge >= 0.3 is 0 Å². The highest BCUT2D eigenvalue weighted by atomic mass is 35.5. The molecule has 0 bridgehead atoms. The van der Waals surface area contributed by atoms with E-state index in [1.807, 2.05) is 12.1 Å². The summed E-state index contributed by atoms with van der Waals surface area (Å²) in [6, 6.07) is 8.20. The van der Waals surface area contributed by atoms with E-state index in [-0.39, 0.29) is 0 Å². The SMILES string of the molecule is CCN(CCOC)c1cccc(-c2nc3ncnc(Cl)c3[nH]2)c1. The van der Waals surface area contributed by atoms with Crippen LogP contribution in [0.3, 0.4) is 0 Å². The molecule has 0 saturated heterocycles. The van der Waals surface area contributed by atoms with Gasteiger partial charge in [0.15, 0.2) is 10.8 Å². The third-order valence-corrected chi connectivity index (χ3v) is 3.96. The van der Waals surface area contributed by atoms with Gasteiger partial charge in [0.25, 0.3) is 0 Å². The predicted molar refractivity (Wildman–Crippen MR) is 91.9 cm³/mol. The molecule has 0 unspecified atom stereocenters. The van der Waals surface area contributed by atoms with E-state index >= 15 is 0 Å². The first kappa shape index (κ1) is 15.7. The molecule has 0 aliphatic rings. The number of likely N-dealkylation sites (N-methyl/N-ethyl adjacent to an activating group) is 1. The number of nitrogens with one attached hydrogen (secondary N) is 1. The number of anilines is 1. The van der Waals surface area contributed by atoms with Crippen LogP contribution in [0.15, 0.2) is 30.6 Å². The number of ether oxygens (including phenoxy) is 1. The van der Waals surface area contributed by atoms with Crippen molar-refractivity contribution in [2.24, 2.45) is 0 Å². The number of halogens is 1. The van der Waals surface area contributed by atoms with Crippen LogP contribution in [0.25, 0.3) is 22.6 Å². The molecule has 7 heteroatoms. The van der Waals surface area contributed by atoms with E-state index in [9.17, 15) is 0 Å². The molecule has 3 aromatic rings. The van der Waals surface area contributed by atoms with Gasteiger partial charge in [-0.1, -0.05) is 23.7 Å². The lowest BCUT2D eigenvalue weighted by molar-refractivity contribution is 0.205. The quantitative estimate of drug-likeness (QED) is 0.703. The van der Waals surface area contributed by atoms with Crippen molar-refractivity contribution >= 4 is 28.5 Å². The Morgan fingerprint density at radius 3 is 2.91 bits per heavy atom. The Kier molecular flexibility index (Phi) is 4.73. The zero-order valence-electron chi connectivity index (χ0n) is 13.1. The maximum atomic E-state index is 6.07. The van der Waals surface area contributed by atoms with Gasteiger partial charge in [-0.2, -0.15) is 0 Å². The van der Waals surface area contributed by atoms with Gasteiger partial charge in [0.1, 0.15) is 17.7 Å². The van der Waals surface area contributed by atoms with Crippen LogP contribution in [0, 0.1) is 0 Å². The molecule has 1 N–H and O–H groups in total. The van der Waals surface area contributed by atoms with Crippen molar-refractivity contribution in [2.75, 3.05) is 31.7 Å². The van der Waals surface area contributed by atoms with Gasteiger partial charge < -0.3 is 14.6 Å². The Bertz CT molecular complexity index is 804. The topological polar surface area (TPSA) is 66.9 Å². The molecule has 1 aromatic carbocycles. The van der Waals surface area contributed by atoms with Gasteiger partial charge in [0.2, 0.25) is 0 Å². The Hall–Kier alpha value is -2.18. The number of nitrogens with zero attached hydrogens (tertiary/aromatic N) is 4. The summed E-state index contributed by atoms with van der Waals surface area (Å²) in [5, 5.41) is 0.375. The van der Waals surface area contributed by atoms with Crippen molar-refractivity contribution in [1.29, 1.82) is 0 Å². The molecule has 6 nitrogen and oxygen atoms in total. The molecule has 0 spiro atoms.